The van der Waals surface area contributed by atoms with Crippen LogP contribution in [0.1, 0.15) is 91.1 Å². The van der Waals surface area contributed by atoms with Crippen LogP contribution in [0.15, 0.2) is 18.2 Å². The van der Waals surface area contributed by atoms with Crippen molar-refractivity contribution in [3.63, 3.8) is 0 Å². The summed E-state index contributed by atoms with van der Waals surface area (Å²) < 4.78 is 12.7. The van der Waals surface area contributed by atoms with Crippen molar-refractivity contribution in [2.24, 2.45) is 0 Å². The van der Waals surface area contributed by atoms with Crippen molar-refractivity contribution in [1.82, 2.24) is 4.90 Å². The molecule has 4 nitrogen and oxygen atoms in total. The zero-order chi connectivity index (χ0) is 22.0. The maximum absolute atomic E-state index is 12.2. The summed E-state index contributed by atoms with van der Waals surface area (Å²) >= 11 is 0. The number of hydrogen-bond acceptors (Lipinski definition) is 4. The Labute approximate surface area is 178 Å². The summed E-state index contributed by atoms with van der Waals surface area (Å²) in [7, 11) is 0. The van der Waals surface area contributed by atoms with Crippen molar-refractivity contribution in [1.29, 1.82) is 0 Å². The van der Waals surface area contributed by atoms with Gasteiger partial charge in [-0.25, -0.2) is 0 Å². The zero-order valence-electron chi connectivity index (χ0n) is 20.0. The third-order valence-electron chi connectivity index (χ3n) is 5.21. The molecule has 0 spiro atoms. The third-order valence-corrected chi connectivity index (χ3v) is 5.21. The summed E-state index contributed by atoms with van der Waals surface area (Å²) in [4.78, 5) is 14.7. The maximum Gasteiger partial charge on any atom is 0.163 e. The second kappa shape index (κ2) is 8.77. The molecule has 0 amide bonds. The van der Waals surface area contributed by atoms with Gasteiger partial charge in [-0.2, -0.15) is 0 Å². The molecule has 0 bridgehead atoms. The Morgan fingerprint density at radius 2 is 1.59 bits per heavy atom. The number of Topliss-reactive ketones (excluding diaryl/α,β-unsaturated/α-hetero) is 1. The van der Waals surface area contributed by atoms with Gasteiger partial charge in [0.25, 0.3) is 0 Å². The first-order valence-corrected chi connectivity index (χ1v) is 10.9. The third kappa shape index (κ3) is 6.82. The molecule has 1 unspecified atom stereocenters. The lowest BCUT2D eigenvalue weighted by atomic mass is 9.90. The second-order valence-corrected chi connectivity index (χ2v) is 11.2. The summed E-state index contributed by atoms with van der Waals surface area (Å²) in [6, 6.07) is 5.83. The monoisotopic (exact) mass is 403 g/mol. The van der Waals surface area contributed by atoms with Gasteiger partial charge < -0.3 is 9.47 Å². The van der Waals surface area contributed by atoms with Crippen molar-refractivity contribution in [3.05, 3.63) is 29.3 Å². The molecule has 1 aromatic carbocycles. The number of fused-ring (bicyclic) bond motifs is 1. The molecule has 1 aliphatic carbocycles. The Morgan fingerprint density at radius 3 is 2.14 bits per heavy atom. The van der Waals surface area contributed by atoms with Gasteiger partial charge in [-0.05, 0) is 81.2 Å². The van der Waals surface area contributed by atoms with E-state index in [0.717, 1.165) is 36.3 Å². The average molecular weight is 404 g/mol. The molecule has 0 fully saturated rings. The minimum atomic E-state index is -0.262. The number of ketones is 1. The van der Waals surface area contributed by atoms with Crippen LogP contribution in [-0.2, 0) is 11.2 Å². The highest BCUT2D eigenvalue weighted by molar-refractivity contribution is 5.99. The number of benzene rings is 1. The van der Waals surface area contributed by atoms with Gasteiger partial charge in [0, 0.05) is 35.2 Å². The van der Waals surface area contributed by atoms with Crippen LogP contribution >= 0.6 is 0 Å². The summed E-state index contributed by atoms with van der Waals surface area (Å²) in [5.41, 5.74) is 1.64. The van der Waals surface area contributed by atoms with Crippen LogP contribution < -0.4 is 4.74 Å². The standard InChI is InChI=1S/C25H41NO3/c1-23(2,3)26(24(4,5)6)16-18(29-25(7,8)9)17-28-22-15-11-12-19-20(22)13-10-14-21(19)27/h11-12,15,18H,10,13-14,16-17H2,1-9H3. The van der Waals surface area contributed by atoms with Crippen LogP contribution in [0.5, 0.6) is 5.75 Å². The van der Waals surface area contributed by atoms with E-state index in [1.807, 2.05) is 18.2 Å². The van der Waals surface area contributed by atoms with E-state index < -0.39 is 0 Å². The van der Waals surface area contributed by atoms with Gasteiger partial charge in [-0.15, -0.1) is 0 Å². The molecule has 4 heteroatoms. The highest BCUT2D eigenvalue weighted by Gasteiger charge is 2.35. The van der Waals surface area contributed by atoms with Gasteiger partial charge >= 0.3 is 0 Å². The fraction of sp³-hybridized carbons (Fsp3) is 0.720. The van der Waals surface area contributed by atoms with E-state index in [-0.39, 0.29) is 28.6 Å². The lowest BCUT2D eigenvalue weighted by molar-refractivity contribution is -0.107. The molecule has 29 heavy (non-hydrogen) atoms. The van der Waals surface area contributed by atoms with E-state index in [4.69, 9.17) is 9.47 Å². The topological polar surface area (TPSA) is 38.8 Å². The lowest BCUT2D eigenvalue weighted by Gasteiger charge is -2.47. The fourth-order valence-corrected chi connectivity index (χ4v) is 4.34. The molecule has 0 aromatic heterocycles. The van der Waals surface area contributed by atoms with E-state index in [2.05, 4.69) is 67.2 Å². The highest BCUT2D eigenvalue weighted by Crippen LogP contribution is 2.31. The molecule has 2 rings (SSSR count). The van der Waals surface area contributed by atoms with Gasteiger partial charge in [0.15, 0.2) is 5.78 Å². The molecule has 164 valence electrons. The molecule has 0 N–H and O–H groups in total. The molecular formula is C25H41NO3. The van der Waals surface area contributed by atoms with Crippen LogP contribution in [0.3, 0.4) is 0 Å². The van der Waals surface area contributed by atoms with E-state index in [9.17, 15) is 4.79 Å². The molecule has 1 atom stereocenters. The van der Waals surface area contributed by atoms with Gasteiger partial charge in [0.2, 0.25) is 0 Å². The van der Waals surface area contributed by atoms with Gasteiger partial charge in [-0.1, -0.05) is 12.1 Å². The quantitative estimate of drug-likeness (QED) is 0.614. The predicted molar refractivity (Wildman–Crippen MR) is 120 cm³/mol. The van der Waals surface area contributed by atoms with Crippen LogP contribution in [0.4, 0.5) is 0 Å². The largest absolute Gasteiger partial charge is 0.491 e. The molecule has 0 aliphatic heterocycles. The van der Waals surface area contributed by atoms with E-state index >= 15 is 0 Å². The van der Waals surface area contributed by atoms with Gasteiger partial charge in [0.05, 0.1) is 5.60 Å². The first-order valence-electron chi connectivity index (χ1n) is 10.9. The van der Waals surface area contributed by atoms with Crippen molar-refractivity contribution < 1.29 is 14.3 Å². The molecule has 1 aliphatic rings. The number of nitrogens with zero attached hydrogens (tertiary/aromatic N) is 1. The minimum absolute atomic E-state index is 0.00999. The van der Waals surface area contributed by atoms with Crippen molar-refractivity contribution in [3.8, 4) is 5.75 Å². The smallest absolute Gasteiger partial charge is 0.163 e. The van der Waals surface area contributed by atoms with Crippen LogP contribution in [0, 0.1) is 0 Å². The maximum atomic E-state index is 12.2. The van der Waals surface area contributed by atoms with E-state index in [0.29, 0.717) is 13.0 Å². The Balaban J connectivity index is 2.22. The molecule has 0 heterocycles. The average Bonchev–Trinajstić information content (AvgIpc) is 2.54. The van der Waals surface area contributed by atoms with E-state index in [1.54, 1.807) is 0 Å². The Morgan fingerprint density at radius 1 is 0.966 bits per heavy atom. The number of hydrogen-bond donors (Lipinski definition) is 0. The number of carbonyl (C=O) groups is 1. The normalized spacial score (nSPS) is 16.7. The van der Waals surface area contributed by atoms with Crippen molar-refractivity contribution >= 4 is 5.78 Å². The number of carbonyl (C=O) groups excluding carboxylic acids is 1. The number of rotatable bonds is 6. The molecule has 0 saturated heterocycles. The SMILES string of the molecule is CC(C)(C)OC(COc1cccc2c1CCCC2=O)CN(C(C)(C)C)C(C)(C)C. The van der Waals surface area contributed by atoms with Gasteiger partial charge in [-0.3, -0.25) is 9.69 Å². The zero-order valence-corrected chi connectivity index (χ0v) is 20.0. The Bertz CT molecular complexity index is 690. The fourth-order valence-electron chi connectivity index (χ4n) is 4.34. The minimum Gasteiger partial charge on any atom is -0.491 e. The summed E-state index contributed by atoms with van der Waals surface area (Å²) in [5.74, 6) is 1.06. The van der Waals surface area contributed by atoms with Crippen molar-refractivity contribution in [2.45, 2.75) is 104 Å². The summed E-state index contributed by atoms with van der Waals surface area (Å²) in [5, 5.41) is 0. The molecule has 0 saturated carbocycles. The highest BCUT2D eigenvalue weighted by atomic mass is 16.5. The lowest BCUT2D eigenvalue weighted by Crippen LogP contribution is -2.56. The second-order valence-electron chi connectivity index (χ2n) is 11.2. The molecule has 1 aromatic rings. The first kappa shape index (κ1) is 23.9. The Kier molecular flexibility index (Phi) is 7.22. The first-order chi connectivity index (χ1) is 13.2. The van der Waals surface area contributed by atoms with Crippen molar-refractivity contribution in [2.75, 3.05) is 13.2 Å². The van der Waals surface area contributed by atoms with Gasteiger partial charge in [0.1, 0.15) is 18.5 Å². The molecular weight excluding hydrogens is 362 g/mol. The summed E-state index contributed by atoms with van der Waals surface area (Å²) in [6.07, 6.45) is 2.36. The molecule has 0 radical (unpaired) electrons. The van der Waals surface area contributed by atoms with Crippen LogP contribution in [0.25, 0.3) is 0 Å². The Hall–Kier alpha value is -1.39. The summed E-state index contributed by atoms with van der Waals surface area (Å²) in [6.45, 7) is 20.9. The van der Waals surface area contributed by atoms with E-state index in [1.165, 1.54) is 0 Å². The number of ether oxygens (including phenoxy) is 2. The predicted octanol–water partition coefficient (Wildman–Crippen LogP) is 5.67. The van der Waals surface area contributed by atoms with Crippen LogP contribution in [-0.4, -0.2) is 46.6 Å². The van der Waals surface area contributed by atoms with Crippen LogP contribution in [0.2, 0.25) is 0 Å².